The second-order valence-electron chi connectivity index (χ2n) is 4.85. The first-order valence-electron chi connectivity index (χ1n) is 6.93. The van der Waals surface area contributed by atoms with Crippen molar-refractivity contribution >= 4 is 18.0 Å². The first-order valence-corrected chi connectivity index (χ1v) is 6.93. The number of carbonyl (C=O) groups excluding carboxylic acids is 2. The monoisotopic (exact) mass is 288 g/mol. The summed E-state index contributed by atoms with van der Waals surface area (Å²) in [5, 5.41) is 2.59. The number of nitrogens with zero attached hydrogens (tertiary/aromatic N) is 1. The fourth-order valence-corrected chi connectivity index (χ4v) is 2.31. The van der Waals surface area contributed by atoms with E-state index in [1.165, 1.54) is 4.90 Å². The summed E-state index contributed by atoms with van der Waals surface area (Å²) in [7, 11) is 0. The number of rotatable bonds is 3. The maximum absolute atomic E-state index is 12.1. The zero-order valence-corrected chi connectivity index (χ0v) is 11.7. The molecule has 0 spiro atoms. The molecule has 1 aromatic carbocycles. The Morgan fingerprint density at radius 2 is 2.00 bits per heavy atom. The molecule has 2 heterocycles. The van der Waals surface area contributed by atoms with Gasteiger partial charge in [0.1, 0.15) is 18.9 Å². The molecule has 3 amide bonds. The molecular weight excluding hydrogens is 272 g/mol. The molecular formula is C15H16N2O4. The first-order chi connectivity index (χ1) is 10.2. The van der Waals surface area contributed by atoms with E-state index in [2.05, 4.69) is 5.32 Å². The zero-order valence-electron chi connectivity index (χ0n) is 11.7. The van der Waals surface area contributed by atoms with Crippen LogP contribution in [-0.2, 0) is 4.79 Å². The van der Waals surface area contributed by atoms with Crippen LogP contribution in [-0.4, -0.2) is 36.6 Å². The number of hydrogen-bond acceptors (Lipinski definition) is 4. The summed E-state index contributed by atoms with van der Waals surface area (Å²) in [5.41, 5.74) is 1.06. The van der Waals surface area contributed by atoms with Crippen LogP contribution in [0.5, 0.6) is 11.5 Å². The first kappa shape index (κ1) is 13.5. The number of fused-ring (bicyclic) bond motifs is 1. The fraction of sp³-hybridized carbons (Fsp3) is 0.333. The predicted molar refractivity (Wildman–Crippen MR) is 75.9 cm³/mol. The van der Waals surface area contributed by atoms with Crippen molar-refractivity contribution in [1.82, 2.24) is 10.2 Å². The van der Waals surface area contributed by atoms with Gasteiger partial charge in [0.2, 0.25) is 0 Å². The molecule has 0 saturated carbocycles. The lowest BCUT2D eigenvalue weighted by Crippen LogP contribution is -2.31. The number of benzene rings is 1. The quantitative estimate of drug-likeness (QED) is 0.680. The van der Waals surface area contributed by atoms with E-state index in [0.29, 0.717) is 31.3 Å². The number of imide groups is 1. The minimum absolute atomic E-state index is 0.283. The van der Waals surface area contributed by atoms with Gasteiger partial charge in [-0.25, -0.2) is 4.79 Å². The standard InChI is InChI=1S/C15H16N2O4/c1-2-5-17-14(18)11(16-15(17)19)8-10-3-4-12-13(9-10)21-7-6-20-12/h3-4,8-9H,2,5-7H2,1H3,(H,16,19)/b11-8+. The highest BCUT2D eigenvalue weighted by Gasteiger charge is 2.32. The largest absolute Gasteiger partial charge is 0.486 e. The Kier molecular flexibility index (Phi) is 3.51. The molecule has 1 fully saturated rings. The molecule has 21 heavy (non-hydrogen) atoms. The number of nitrogens with one attached hydrogen (secondary N) is 1. The van der Waals surface area contributed by atoms with Crippen molar-refractivity contribution in [2.75, 3.05) is 19.8 Å². The molecule has 110 valence electrons. The number of carbonyl (C=O) groups is 2. The smallest absolute Gasteiger partial charge is 0.329 e. The van der Waals surface area contributed by atoms with E-state index in [-0.39, 0.29) is 17.6 Å². The van der Waals surface area contributed by atoms with Crippen molar-refractivity contribution in [2.45, 2.75) is 13.3 Å². The minimum Gasteiger partial charge on any atom is -0.486 e. The van der Waals surface area contributed by atoms with Crippen LogP contribution in [0.25, 0.3) is 6.08 Å². The molecule has 2 aliphatic heterocycles. The maximum Gasteiger partial charge on any atom is 0.329 e. The van der Waals surface area contributed by atoms with Gasteiger partial charge in [0.15, 0.2) is 11.5 Å². The van der Waals surface area contributed by atoms with Gasteiger partial charge in [-0.3, -0.25) is 9.69 Å². The lowest BCUT2D eigenvalue weighted by Gasteiger charge is -2.18. The SMILES string of the molecule is CCCN1C(=O)N/C(=C/c2ccc3c(c2)OCCO3)C1=O. The number of ether oxygens (including phenoxy) is 2. The summed E-state index contributed by atoms with van der Waals surface area (Å²) in [6.45, 7) is 3.38. The van der Waals surface area contributed by atoms with Crippen molar-refractivity contribution < 1.29 is 19.1 Å². The summed E-state index contributed by atoms with van der Waals surface area (Å²) < 4.78 is 10.9. The van der Waals surface area contributed by atoms with Crippen LogP contribution in [0, 0.1) is 0 Å². The molecule has 6 nitrogen and oxygen atoms in total. The molecule has 0 aliphatic carbocycles. The molecule has 1 aromatic rings. The average molecular weight is 288 g/mol. The molecule has 0 radical (unpaired) electrons. The summed E-state index contributed by atoms with van der Waals surface area (Å²) in [5.74, 6) is 1.05. The Balaban J connectivity index is 1.85. The van der Waals surface area contributed by atoms with Crippen LogP contribution in [0.2, 0.25) is 0 Å². The zero-order chi connectivity index (χ0) is 14.8. The van der Waals surface area contributed by atoms with Gasteiger partial charge in [-0.1, -0.05) is 13.0 Å². The van der Waals surface area contributed by atoms with Crippen LogP contribution >= 0.6 is 0 Å². The molecule has 3 rings (SSSR count). The van der Waals surface area contributed by atoms with Crippen LogP contribution in [0.4, 0.5) is 4.79 Å². The van der Waals surface area contributed by atoms with E-state index in [0.717, 1.165) is 12.0 Å². The number of hydrogen-bond donors (Lipinski definition) is 1. The highest BCUT2D eigenvalue weighted by atomic mass is 16.6. The molecule has 0 bridgehead atoms. The van der Waals surface area contributed by atoms with E-state index in [1.807, 2.05) is 13.0 Å². The van der Waals surface area contributed by atoms with Crippen molar-refractivity contribution in [2.24, 2.45) is 0 Å². The molecule has 0 atom stereocenters. The summed E-state index contributed by atoms with van der Waals surface area (Å²) >= 11 is 0. The maximum atomic E-state index is 12.1. The predicted octanol–water partition coefficient (Wildman–Crippen LogP) is 1.76. The highest BCUT2D eigenvalue weighted by Crippen LogP contribution is 2.31. The van der Waals surface area contributed by atoms with E-state index in [9.17, 15) is 9.59 Å². The topological polar surface area (TPSA) is 67.9 Å². The van der Waals surface area contributed by atoms with Crippen molar-refractivity contribution in [3.8, 4) is 11.5 Å². The normalized spacial score (nSPS) is 19.1. The third kappa shape index (κ3) is 2.56. The van der Waals surface area contributed by atoms with Crippen LogP contribution in [0.15, 0.2) is 23.9 Å². The third-order valence-corrected chi connectivity index (χ3v) is 3.29. The van der Waals surface area contributed by atoms with Gasteiger partial charge in [-0.2, -0.15) is 0 Å². The summed E-state index contributed by atoms with van der Waals surface area (Å²) in [6, 6.07) is 5.04. The molecule has 1 saturated heterocycles. The molecule has 0 aromatic heterocycles. The fourth-order valence-electron chi connectivity index (χ4n) is 2.31. The Bertz CT molecular complexity index is 624. The van der Waals surface area contributed by atoms with Gasteiger partial charge >= 0.3 is 6.03 Å². The molecule has 1 N–H and O–H groups in total. The molecule has 6 heteroatoms. The summed E-state index contributed by atoms with van der Waals surface area (Å²) in [6.07, 6.45) is 2.38. The summed E-state index contributed by atoms with van der Waals surface area (Å²) in [4.78, 5) is 25.0. The Morgan fingerprint density at radius 3 is 2.76 bits per heavy atom. The Morgan fingerprint density at radius 1 is 1.24 bits per heavy atom. The van der Waals surface area contributed by atoms with Gasteiger partial charge in [-0.05, 0) is 30.2 Å². The van der Waals surface area contributed by atoms with E-state index in [1.54, 1.807) is 18.2 Å². The second-order valence-corrected chi connectivity index (χ2v) is 4.85. The van der Waals surface area contributed by atoms with E-state index in [4.69, 9.17) is 9.47 Å². The van der Waals surface area contributed by atoms with Gasteiger partial charge < -0.3 is 14.8 Å². The van der Waals surface area contributed by atoms with Gasteiger partial charge in [0.05, 0.1) is 0 Å². The number of urea groups is 1. The number of amides is 3. The lowest BCUT2D eigenvalue weighted by molar-refractivity contribution is -0.122. The van der Waals surface area contributed by atoms with E-state index < -0.39 is 0 Å². The van der Waals surface area contributed by atoms with Crippen molar-refractivity contribution in [3.63, 3.8) is 0 Å². The Hall–Kier alpha value is -2.50. The third-order valence-electron chi connectivity index (χ3n) is 3.29. The van der Waals surface area contributed by atoms with Crippen LogP contribution < -0.4 is 14.8 Å². The van der Waals surface area contributed by atoms with Gasteiger partial charge in [-0.15, -0.1) is 0 Å². The van der Waals surface area contributed by atoms with Crippen molar-refractivity contribution in [3.05, 3.63) is 29.5 Å². The van der Waals surface area contributed by atoms with E-state index >= 15 is 0 Å². The minimum atomic E-state index is -0.370. The second kappa shape index (κ2) is 5.47. The van der Waals surface area contributed by atoms with Crippen LogP contribution in [0.1, 0.15) is 18.9 Å². The molecule has 2 aliphatic rings. The Labute approximate surface area is 122 Å². The average Bonchev–Trinajstić information content (AvgIpc) is 2.75. The van der Waals surface area contributed by atoms with Gasteiger partial charge in [0, 0.05) is 6.54 Å². The highest BCUT2D eigenvalue weighted by molar-refractivity contribution is 6.13. The van der Waals surface area contributed by atoms with Crippen molar-refractivity contribution in [1.29, 1.82) is 0 Å². The molecule has 0 unspecified atom stereocenters. The van der Waals surface area contributed by atoms with Crippen LogP contribution in [0.3, 0.4) is 0 Å². The van der Waals surface area contributed by atoms with Gasteiger partial charge in [0.25, 0.3) is 5.91 Å². The lowest BCUT2D eigenvalue weighted by atomic mass is 10.1.